The van der Waals surface area contributed by atoms with E-state index in [4.69, 9.17) is 15.2 Å². The topological polar surface area (TPSA) is 62.3 Å². The third kappa shape index (κ3) is 2.93. The van der Waals surface area contributed by atoms with Crippen molar-refractivity contribution in [2.24, 2.45) is 12.8 Å². The highest BCUT2D eigenvalue weighted by molar-refractivity contribution is 5.46. The zero-order valence-corrected chi connectivity index (χ0v) is 12.2. The van der Waals surface area contributed by atoms with Crippen molar-refractivity contribution >= 4 is 0 Å². The van der Waals surface area contributed by atoms with Gasteiger partial charge in [0.15, 0.2) is 11.5 Å². The van der Waals surface area contributed by atoms with E-state index in [0.29, 0.717) is 24.7 Å². The predicted octanol–water partition coefficient (Wildman–Crippen LogP) is 2.03. The second-order valence-corrected chi connectivity index (χ2v) is 4.55. The minimum Gasteiger partial charge on any atom is -0.493 e. The van der Waals surface area contributed by atoms with Crippen LogP contribution in [-0.4, -0.2) is 16.9 Å². The Balaban J connectivity index is 2.19. The lowest BCUT2D eigenvalue weighted by Gasteiger charge is -2.14. The van der Waals surface area contributed by atoms with E-state index in [9.17, 15) is 0 Å². The lowest BCUT2D eigenvalue weighted by atomic mass is 10.2. The van der Waals surface area contributed by atoms with Crippen LogP contribution in [0.1, 0.15) is 23.9 Å². The minimum atomic E-state index is 0.415. The standard InChI is InChI=1S/C15H21N3O2/c1-4-12-8-13(18(2)17-12)10-20-15-11(9-16)6-5-7-14(15)19-3/h5-8H,4,9-10,16H2,1-3H3. The van der Waals surface area contributed by atoms with Gasteiger partial charge in [0.1, 0.15) is 6.61 Å². The maximum Gasteiger partial charge on any atom is 0.166 e. The Morgan fingerprint density at radius 2 is 2.15 bits per heavy atom. The molecule has 0 radical (unpaired) electrons. The molecule has 0 fully saturated rings. The first-order valence-corrected chi connectivity index (χ1v) is 6.70. The van der Waals surface area contributed by atoms with Crippen molar-refractivity contribution in [2.75, 3.05) is 7.11 Å². The molecule has 0 unspecified atom stereocenters. The van der Waals surface area contributed by atoms with E-state index in [2.05, 4.69) is 18.1 Å². The molecule has 108 valence electrons. The Bertz CT molecular complexity index is 556. The Morgan fingerprint density at radius 1 is 1.35 bits per heavy atom. The van der Waals surface area contributed by atoms with E-state index in [1.807, 2.05) is 29.9 Å². The Labute approximate surface area is 119 Å². The van der Waals surface area contributed by atoms with Crippen LogP contribution in [0.15, 0.2) is 24.3 Å². The van der Waals surface area contributed by atoms with Crippen molar-refractivity contribution in [1.82, 2.24) is 9.78 Å². The second-order valence-electron chi connectivity index (χ2n) is 4.55. The van der Waals surface area contributed by atoms with Crippen LogP contribution >= 0.6 is 0 Å². The monoisotopic (exact) mass is 275 g/mol. The molecule has 1 aromatic carbocycles. The smallest absolute Gasteiger partial charge is 0.166 e. The molecule has 0 aliphatic rings. The number of para-hydroxylation sites is 1. The van der Waals surface area contributed by atoms with Gasteiger partial charge in [-0.3, -0.25) is 4.68 Å². The molecule has 1 aromatic heterocycles. The largest absolute Gasteiger partial charge is 0.493 e. The highest BCUT2D eigenvalue weighted by atomic mass is 16.5. The lowest BCUT2D eigenvalue weighted by molar-refractivity contribution is 0.273. The first-order chi connectivity index (χ1) is 9.69. The number of ether oxygens (including phenoxy) is 2. The Kier molecular flexibility index (Phi) is 4.63. The number of benzene rings is 1. The van der Waals surface area contributed by atoms with Gasteiger partial charge in [-0.25, -0.2) is 0 Å². The number of hydrogen-bond acceptors (Lipinski definition) is 4. The van der Waals surface area contributed by atoms with Crippen molar-refractivity contribution in [3.63, 3.8) is 0 Å². The average molecular weight is 275 g/mol. The van der Waals surface area contributed by atoms with Gasteiger partial charge < -0.3 is 15.2 Å². The summed E-state index contributed by atoms with van der Waals surface area (Å²) in [7, 11) is 3.55. The molecule has 0 atom stereocenters. The molecule has 0 aliphatic carbocycles. The van der Waals surface area contributed by atoms with Crippen molar-refractivity contribution in [1.29, 1.82) is 0 Å². The van der Waals surface area contributed by atoms with Crippen LogP contribution in [0.5, 0.6) is 11.5 Å². The third-order valence-electron chi connectivity index (χ3n) is 3.25. The second kappa shape index (κ2) is 6.43. The lowest BCUT2D eigenvalue weighted by Crippen LogP contribution is -2.07. The van der Waals surface area contributed by atoms with Gasteiger partial charge in [-0.1, -0.05) is 19.1 Å². The Morgan fingerprint density at radius 3 is 2.75 bits per heavy atom. The maximum absolute atomic E-state index is 5.91. The molecule has 2 rings (SSSR count). The van der Waals surface area contributed by atoms with Crippen molar-refractivity contribution in [2.45, 2.75) is 26.5 Å². The van der Waals surface area contributed by atoms with E-state index < -0.39 is 0 Å². The summed E-state index contributed by atoms with van der Waals surface area (Å²) in [6, 6.07) is 7.78. The summed E-state index contributed by atoms with van der Waals surface area (Å²) in [6.45, 7) is 2.94. The van der Waals surface area contributed by atoms with E-state index in [-0.39, 0.29) is 0 Å². The molecule has 5 nitrogen and oxygen atoms in total. The maximum atomic E-state index is 5.91. The van der Waals surface area contributed by atoms with Gasteiger partial charge in [-0.2, -0.15) is 5.10 Å². The molecule has 20 heavy (non-hydrogen) atoms. The number of nitrogens with two attached hydrogens (primary N) is 1. The number of aromatic nitrogens is 2. The number of methoxy groups -OCH3 is 1. The summed E-state index contributed by atoms with van der Waals surface area (Å²) >= 11 is 0. The minimum absolute atomic E-state index is 0.415. The van der Waals surface area contributed by atoms with Gasteiger partial charge >= 0.3 is 0 Å². The van der Waals surface area contributed by atoms with E-state index in [0.717, 1.165) is 23.4 Å². The zero-order chi connectivity index (χ0) is 14.5. The normalized spacial score (nSPS) is 10.6. The van der Waals surface area contributed by atoms with Gasteiger partial charge in [-0.05, 0) is 18.6 Å². The summed E-state index contributed by atoms with van der Waals surface area (Å²) in [5.41, 5.74) is 8.76. The van der Waals surface area contributed by atoms with Gasteiger partial charge in [-0.15, -0.1) is 0 Å². The summed E-state index contributed by atoms with van der Waals surface area (Å²) in [4.78, 5) is 0. The van der Waals surface area contributed by atoms with Gasteiger partial charge in [0.05, 0.1) is 18.5 Å². The van der Waals surface area contributed by atoms with E-state index in [1.165, 1.54) is 0 Å². The highest BCUT2D eigenvalue weighted by Gasteiger charge is 2.11. The predicted molar refractivity (Wildman–Crippen MR) is 77.8 cm³/mol. The van der Waals surface area contributed by atoms with E-state index >= 15 is 0 Å². The van der Waals surface area contributed by atoms with Crippen LogP contribution in [-0.2, 0) is 26.6 Å². The fourth-order valence-electron chi connectivity index (χ4n) is 2.07. The molecule has 0 saturated carbocycles. The molecule has 0 bridgehead atoms. The van der Waals surface area contributed by atoms with E-state index in [1.54, 1.807) is 7.11 Å². The summed E-state index contributed by atoms with van der Waals surface area (Å²) in [5, 5.41) is 4.41. The molecule has 2 N–H and O–H groups in total. The molecule has 0 saturated heterocycles. The molecule has 0 amide bonds. The summed E-state index contributed by atoms with van der Waals surface area (Å²) in [5.74, 6) is 1.41. The Hall–Kier alpha value is -2.01. The van der Waals surface area contributed by atoms with Crippen LogP contribution in [0, 0.1) is 0 Å². The van der Waals surface area contributed by atoms with Crippen LogP contribution < -0.4 is 15.2 Å². The van der Waals surface area contributed by atoms with Crippen LogP contribution in [0.3, 0.4) is 0 Å². The summed E-state index contributed by atoms with van der Waals surface area (Å²) in [6.07, 6.45) is 0.913. The number of rotatable bonds is 6. The van der Waals surface area contributed by atoms with Crippen LogP contribution in [0.2, 0.25) is 0 Å². The molecule has 0 spiro atoms. The fourth-order valence-corrected chi connectivity index (χ4v) is 2.07. The summed E-state index contributed by atoms with van der Waals surface area (Å²) < 4.78 is 13.1. The SMILES string of the molecule is CCc1cc(COc2c(CN)cccc2OC)n(C)n1. The average Bonchev–Trinajstić information content (AvgIpc) is 2.85. The fraction of sp³-hybridized carbons (Fsp3) is 0.400. The van der Waals surface area contributed by atoms with Gasteiger partial charge in [0, 0.05) is 19.2 Å². The molecule has 1 heterocycles. The number of hydrogen-bond donors (Lipinski definition) is 1. The first kappa shape index (κ1) is 14.4. The molecule has 5 heteroatoms. The van der Waals surface area contributed by atoms with Gasteiger partial charge in [0.2, 0.25) is 0 Å². The quantitative estimate of drug-likeness (QED) is 0.876. The molecule has 2 aromatic rings. The molecule has 0 aliphatic heterocycles. The van der Waals surface area contributed by atoms with Gasteiger partial charge in [0.25, 0.3) is 0 Å². The number of nitrogens with zero attached hydrogens (tertiary/aromatic N) is 2. The highest BCUT2D eigenvalue weighted by Crippen LogP contribution is 2.31. The van der Waals surface area contributed by atoms with Crippen molar-refractivity contribution in [3.8, 4) is 11.5 Å². The molecular weight excluding hydrogens is 254 g/mol. The van der Waals surface area contributed by atoms with Crippen molar-refractivity contribution < 1.29 is 9.47 Å². The molecular formula is C15H21N3O2. The van der Waals surface area contributed by atoms with Crippen LogP contribution in [0.25, 0.3) is 0 Å². The third-order valence-corrected chi connectivity index (χ3v) is 3.25. The number of aryl methyl sites for hydroxylation is 2. The van der Waals surface area contributed by atoms with Crippen LogP contribution in [0.4, 0.5) is 0 Å². The van der Waals surface area contributed by atoms with Crippen molar-refractivity contribution in [3.05, 3.63) is 41.2 Å². The zero-order valence-electron chi connectivity index (χ0n) is 12.2. The first-order valence-electron chi connectivity index (χ1n) is 6.70.